The SMILES string of the molecule is Nc1nc(-c2ccc[nH]2)cs1. The monoisotopic (exact) mass is 165 g/mol. The molecule has 0 saturated heterocycles. The Morgan fingerprint density at radius 1 is 1.55 bits per heavy atom. The minimum Gasteiger partial charge on any atom is -0.375 e. The van der Waals surface area contributed by atoms with Gasteiger partial charge in [0.1, 0.15) is 0 Å². The van der Waals surface area contributed by atoms with Gasteiger partial charge in [0.25, 0.3) is 0 Å². The van der Waals surface area contributed by atoms with Crippen molar-refractivity contribution in [3.05, 3.63) is 23.7 Å². The second kappa shape index (κ2) is 2.39. The van der Waals surface area contributed by atoms with Crippen LogP contribution in [0.2, 0.25) is 0 Å². The molecule has 0 aliphatic heterocycles. The third kappa shape index (κ3) is 1.12. The molecule has 4 heteroatoms. The smallest absolute Gasteiger partial charge is 0.180 e. The van der Waals surface area contributed by atoms with Crippen molar-refractivity contribution in [1.29, 1.82) is 0 Å². The molecule has 3 nitrogen and oxygen atoms in total. The maximum Gasteiger partial charge on any atom is 0.180 e. The van der Waals surface area contributed by atoms with Gasteiger partial charge in [-0.05, 0) is 12.1 Å². The van der Waals surface area contributed by atoms with Gasteiger partial charge in [-0.3, -0.25) is 0 Å². The summed E-state index contributed by atoms with van der Waals surface area (Å²) < 4.78 is 0. The van der Waals surface area contributed by atoms with E-state index in [0.29, 0.717) is 5.13 Å². The van der Waals surface area contributed by atoms with Gasteiger partial charge < -0.3 is 10.7 Å². The van der Waals surface area contributed by atoms with Gasteiger partial charge in [0.15, 0.2) is 5.13 Å². The molecule has 0 saturated carbocycles. The van der Waals surface area contributed by atoms with Crippen LogP contribution in [0.4, 0.5) is 5.13 Å². The van der Waals surface area contributed by atoms with E-state index in [2.05, 4.69) is 9.97 Å². The van der Waals surface area contributed by atoms with E-state index >= 15 is 0 Å². The van der Waals surface area contributed by atoms with Crippen LogP contribution < -0.4 is 5.73 Å². The number of nitrogen functional groups attached to an aromatic ring is 1. The Balaban J connectivity index is 2.45. The average Bonchev–Trinajstić information content (AvgIpc) is 2.55. The highest BCUT2D eigenvalue weighted by Crippen LogP contribution is 2.20. The molecule has 2 aromatic rings. The van der Waals surface area contributed by atoms with E-state index in [-0.39, 0.29) is 0 Å². The first-order chi connectivity index (χ1) is 5.36. The Hall–Kier alpha value is -1.29. The largest absolute Gasteiger partial charge is 0.375 e. The van der Waals surface area contributed by atoms with Crippen LogP contribution in [-0.4, -0.2) is 9.97 Å². The normalized spacial score (nSPS) is 10.2. The summed E-state index contributed by atoms with van der Waals surface area (Å²) >= 11 is 1.45. The second-order valence-electron chi connectivity index (χ2n) is 2.15. The Morgan fingerprint density at radius 2 is 2.45 bits per heavy atom. The van der Waals surface area contributed by atoms with Crippen molar-refractivity contribution < 1.29 is 0 Å². The lowest BCUT2D eigenvalue weighted by atomic mass is 10.3. The van der Waals surface area contributed by atoms with Gasteiger partial charge in [-0.2, -0.15) is 0 Å². The number of thiazole rings is 1. The molecule has 2 heterocycles. The van der Waals surface area contributed by atoms with Gasteiger partial charge in [0, 0.05) is 11.6 Å². The summed E-state index contributed by atoms with van der Waals surface area (Å²) in [4.78, 5) is 7.17. The van der Waals surface area contributed by atoms with Crippen molar-refractivity contribution in [2.45, 2.75) is 0 Å². The maximum absolute atomic E-state index is 5.48. The Labute approximate surface area is 67.9 Å². The van der Waals surface area contributed by atoms with Crippen LogP contribution in [0.25, 0.3) is 11.4 Å². The third-order valence-corrected chi connectivity index (χ3v) is 2.07. The van der Waals surface area contributed by atoms with Crippen LogP contribution >= 0.6 is 11.3 Å². The first-order valence-corrected chi connectivity index (χ1v) is 4.09. The number of rotatable bonds is 1. The van der Waals surface area contributed by atoms with Crippen LogP contribution in [0.3, 0.4) is 0 Å². The fraction of sp³-hybridized carbons (Fsp3) is 0. The van der Waals surface area contributed by atoms with Crippen molar-refractivity contribution >= 4 is 16.5 Å². The maximum atomic E-state index is 5.48. The molecule has 0 spiro atoms. The standard InChI is InChI=1S/C7H7N3S/c8-7-10-6(4-11-7)5-2-1-3-9-5/h1-4,9H,(H2,8,10). The lowest BCUT2D eigenvalue weighted by molar-refractivity contribution is 1.33. The number of hydrogen-bond donors (Lipinski definition) is 2. The summed E-state index contributed by atoms with van der Waals surface area (Å²) in [6.07, 6.45) is 1.87. The summed E-state index contributed by atoms with van der Waals surface area (Å²) in [6, 6.07) is 3.90. The van der Waals surface area contributed by atoms with E-state index in [0.717, 1.165) is 11.4 Å². The summed E-state index contributed by atoms with van der Waals surface area (Å²) in [5.41, 5.74) is 7.40. The number of hydrogen-bond acceptors (Lipinski definition) is 3. The number of aromatic amines is 1. The zero-order valence-corrected chi connectivity index (χ0v) is 6.56. The predicted molar refractivity (Wildman–Crippen MR) is 46.3 cm³/mol. The van der Waals surface area contributed by atoms with Gasteiger partial charge in [-0.1, -0.05) is 0 Å². The molecular weight excluding hydrogens is 158 g/mol. The fourth-order valence-corrected chi connectivity index (χ4v) is 1.46. The molecule has 0 aliphatic carbocycles. The van der Waals surface area contributed by atoms with Crippen LogP contribution in [0.5, 0.6) is 0 Å². The van der Waals surface area contributed by atoms with Crippen LogP contribution in [0.15, 0.2) is 23.7 Å². The number of aromatic nitrogens is 2. The molecule has 2 aromatic heterocycles. The number of nitrogens with one attached hydrogen (secondary N) is 1. The molecule has 0 aromatic carbocycles. The number of anilines is 1. The highest BCUT2D eigenvalue weighted by molar-refractivity contribution is 7.13. The van der Waals surface area contributed by atoms with Gasteiger partial charge in [0.05, 0.1) is 11.4 Å². The molecule has 0 atom stereocenters. The van der Waals surface area contributed by atoms with Crippen molar-refractivity contribution in [2.24, 2.45) is 0 Å². The molecular formula is C7H7N3S. The van der Waals surface area contributed by atoms with Gasteiger partial charge in [0.2, 0.25) is 0 Å². The number of nitrogens with zero attached hydrogens (tertiary/aromatic N) is 1. The highest BCUT2D eigenvalue weighted by Gasteiger charge is 2.00. The Bertz CT molecular complexity index is 336. The minimum absolute atomic E-state index is 0.606. The molecule has 11 heavy (non-hydrogen) atoms. The molecule has 0 fully saturated rings. The Morgan fingerprint density at radius 3 is 3.00 bits per heavy atom. The summed E-state index contributed by atoms with van der Waals surface area (Å²) in [7, 11) is 0. The van der Waals surface area contributed by atoms with E-state index in [1.165, 1.54) is 11.3 Å². The van der Waals surface area contributed by atoms with Gasteiger partial charge in [-0.25, -0.2) is 4.98 Å². The molecule has 0 radical (unpaired) electrons. The minimum atomic E-state index is 0.606. The van der Waals surface area contributed by atoms with Crippen LogP contribution in [0, 0.1) is 0 Å². The Kier molecular flexibility index (Phi) is 1.40. The fourth-order valence-electron chi connectivity index (χ4n) is 0.901. The first kappa shape index (κ1) is 6.42. The molecule has 0 bridgehead atoms. The summed E-state index contributed by atoms with van der Waals surface area (Å²) in [5, 5.41) is 2.54. The molecule has 2 rings (SSSR count). The van der Waals surface area contributed by atoms with Crippen molar-refractivity contribution in [1.82, 2.24) is 9.97 Å². The van der Waals surface area contributed by atoms with Crippen LogP contribution in [-0.2, 0) is 0 Å². The van der Waals surface area contributed by atoms with E-state index in [1.807, 2.05) is 23.7 Å². The number of H-pyrrole nitrogens is 1. The quantitative estimate of drug-likeness (QED) is 0.676. The summed E-state index contributed by atoms with van der Waals surface area (Å²) in [5.74, 6) is 0. The third-order valence-electron chi connectivity index (χ3n) is 1.40. The molecule has 56 valence electrons. The van der Waals surface area contributed by atoms with Crippen molar-refractivity contribution in [2.75, 3.05) is 5.73 Å². The van der Waals surface area contributed by atoms with E-state index in [1.54, 1.807) is 0 Å². The lowest BCUT2D eigenvalue weighted by Crippen LogP contribution is -1.82. The van der Waals surface area contributed by atoms with Gasteiger partial charge >= 0.3 is 0 Å². The first-order valence-electron chi connectivity index (χ1n) is 3.21. The molecule has 0 unspecified atom stereocenters. The van der Waals surface area contributed by atoms with Crippen molar-refractivity contribution in [3.8, 4) is 11.4 Å². The molecule has 0 aliphatic rings. The molecule has 3 N–H and O–H groups in total. The number of nitrogens with two attached hydrogens (primary N) is 1. The average molecular weight is 165 g/mol. The van der Waals surface area contributed by atoms with E-state index < -0.39 is 0 Å². The summed E-state index contributed by atoms with van der Waals surface area (Å²) in [6.45, 7) is 0. The van der Waals surface area contributed by atoms with Gasteiger partial charge in [-0.15, -0.1) is 11.3 Å². The predicted octanol–water partition coefficient (Wildman–Crippen LogP) is 1.72. The zero-order chi connectivity index (χ0) is 7.68. The molecule has 0 amide bonds. The van der Waals surface area contributed by atoms with E-state index in [9.17, 15) is 0 Å². The topological polar surface area (TPSA) is 54.7 Å². The van der Waals surface area contributed by atoms with Crippen LogP contribution in [0.1, 0.15) is 0 Å². The lowest BCUT2D eigenvalue weighted by Gasteiger charge is -1.86. The van der Waals surface area contributed by atoms with E-state index in [4.69, 9.17) is 5.73 Å². The zero-order valence-electron chi connectivity index (χ0n) is 5.74. The van der Waals surface area contributed by atoms with Crippen molar-refractivity contribution in [3.63, 3.8) is 0 Å². The second-order valence-corrected chi connectivity index (χ2v) is 3.04. The highest BCUT2D eigenvalue weighted by atomic mass is 32.1.